The fraction of sp³-hybridized carbons (Fsp3) is 0.235. The van der Waals surface area contributed by atoms with Gasteiger partial charge in [0.25, 0.3) is 5.91 Å². The van der Waals surface area contributed by atoms with Crippen molar-refractivity contribution >= 4 is 28.5 Å². The number of nitrogens with one attached hydrogen (secondary N) is 2. The Morgan fingerprint density at radius 1 is 1.13 bits per heavy atom. The van der Waals surface area contributed by atoms with Crippen molar-refractivity contribution in [3.8, 4) is 0 Å². The lowest BCUT2D eigenvalue weighted by Crippen LogP contribution is -2.29. The van der Waals surface area contributed by atoms with E-state index in [4.69, 9.17) is 11.6 Å². The van der Waals surface area contributed by atoms with Gasteiger partial charge in [0.1, 0.15) is 11.0 Å². The van der Waals surface area contributed by atoms with Crippen LogP contribution >= 0.6 is 11.6 Å². The van der Waals surface area contributed by atoms with Crippen LogP contribution in [0.5, 0.6) is 0 Å². The first-order chi connectivity index (χ1) is 11.2. The van der Waals surface area contributed by atoms with Gasteiger partial charge in [0.15, 0.2) is 0 Å². The van der Waals surface area contributed by atoms with Gasteiger partial charge in [-0.2, -0.15) is 15.4 Å². The second-order valence-electron chi connectivity index (χ2n) is 5.87. The zero-order chi connectivity index (χ0) is 15.8. The van der Waals surface area contributed by atoms with Gasteiger partial charge in [-0.05, 0) is 54.7 Å². The maximum absolute atomic E-state index is 12.6. The summed E-state index contributed by atoms with van der Waals surface area (Å²) in [5, 5.41) is 14.4. The fourth-order valence-corrected chi connectivity index (χ4v) is 2.91. The number of hydrogen-bond acceptors (Lipinski definition) is 3. The number of fused-ring (bicyclic) bond motifs is 1. The number of hydrogen-bond donors (Lipinski definition) is 2. The van der Waals surface area contributed by atoms with Crippen LogP contribution in [0.15, 0.2) is 42.5 Å². The maximum Gasteiger partial charge on any atom is 0.251 e. The monoisotopic (exact) mass is 326 g/mol. The predicted molar refractivity (Wildman–Crippen MR) is 88.3 cm³/mol. The molecule has 1 aliphatic carbocycles. The quantitative estimate of drug-likeness (QED) is 0.771. The summed E-state index contributed by atoms with van der Waals surface area (Å²) < 4.78 is 0. The Labute approximate surface area is 138 Å². The first-order valence-corrected chi connectivity index (χ1v) is 7.95. The van der Waals surface area contributed by atoms with Crippen LogP contribution in [0.25, 0.3) is 11.0 Å². The van der Waals surface area contributed by atoms with Crippen molar-refractivity contribution in [1.82, 2.24) is 20.7 Å². The molecule has 1 heterocycles. The van der Waals surface area contributed by atoms with E-state index in [1.807, 2.05) is 24.3 Å². The van der Waals surface area contributed by atoms with E-state index in [0.29, 0.717) is 22.0 Å². The summed E-state index contributed by atoms with van der Waals surface area (Å²) in [5.41, 5.74) is 3.11. The number of amides is 1. The van der Waals surface area contributed by atoms with E-state index in [-0.39, 0.29) is 11.9 Å². The third-order valence-corrected chi connectivity index (χ3v) is 4.44. The van der Waals surface area contributed by atoms with Gasteiger partial charge in [0.05, 0.1) is 6.04 Å². The molecule has 0 radical (unpaired) electrons. The number of H-pyrrole nitrogens is 1. The van der Waals surface area contributed by atoms with Crippen molar-refractivity contribution in [2.24, 2.45) is 5.92 Å². The minimum atomic E-state index is -0.0956. The minimum Gasteiger partial charge on any atom is -0.345 e. The second kappa shape index (κ2) is 5.66. The number of aromatic nitrogens is 3. The van der Waals surface area contributed by atoms with E-state index < -0.39 is 0 Å². The summed E-state index contributed by atoms with van der Waals surface area (Å²) in [6.45, 7) is 0. The Bertz CT molecular complexity index is 854. The second-order valence-corrected chi connectivity index (χ2v) is 6.30. The third kappa shape index (κ3) is 2.92. The molecule has 4 rings (SSSR count). The predicted octanol–water partition coefficient (Wildman–Crippen LogP) is 3.49. The molecular formula is C17H15ClN4O. The molecule has 0 spiro atoms. The Balaban J connectivity index is 1.58. The molecule has 1 aliphatic rings. The summed E-state index contributed by atoms with van der Waals surface area (Å²) in [6, 6.07) is 13.0. The summed E-state index contributed by atoms with van der Waals surface area (Å²) in [6.07, 6.45) is 2.27. The van der Waals surface area contributed by atoms with Gasteiger partial charge in [-0.25, -0.2) is 0 Å². The van der Waals surface area contributed by atoms with Crippen molar-refractivity contribution in [1.29, 1.82) is 0 Å². The molecule has 116 valence electrons. The van der Waals surface area contributed by atoms with Crippen LogP contribution in [0.4, 0.5) is 0 Å². The van der Waals surface area contributed by atoms with Gasteiger partial charge in [0.2, 0.25) is 0 Å². The van der Waals surface area contributed by atoms with Crippen LogP contribution in [0, 0.1) is 5.92 Å². The standard InChI is InChI=1S/C17H15ClN4O/c18-13-6-3-11(4-7-13)16(10-1-2-10)19-17(23)12-5-8-14-15(9-12)21-22-20-14/h3-10,16H,1-2H2,(H,19,23)(H,20,21,22)/t16-/m1/s1. The van der Waals surface area contributed by atoms with Gasteiger partial charge in [-0.15, -0.1) is 0 Å². The number of benzene rings is 2. The van der Waals surface area contributed by atoms with Crippen LogP contribution in [0.3, 0.4) is 0 Å². The van der Waals surface area contributed by atoms with E-state index >= 15 is 0 Å². The molecule has 2 aromatic carbocycles. The zero-order valence-corrected chi connectivity index (χ0v) is 13.0. The van der Waals surface area contributed by atoms with E-state index in [2.05, 4.69) is 20.7 Å². The summed E-state index contributed by atoms with van der Waals surface area (Å²) in [4.78, 5) is 12.6. The highest BCUT2D eigenvalue weighted by atomic mass is 35.5. The van der Waals surface area contributed by atoms with Gasteiger partial charge >= 0.3 is 0 Å². The van der Waals surface area contributed by atoms with E-state index in [1.165, 1.54) is 0 Å². The average molecular weight is 327 g/mol. The van der Waals surface area contributed by atoms with Crippen molar-refractivity contribution in [2.75, 3.05) is 0 Å². The van der Waals surface area contributed by atoms with Crippen LogP contribution in [0.2, 0.25) is 5.02 Å². The van der Waals surface area contributed by atoms with Crippen LogP contribution in [-0.2, 0) is 0 Å². The van der Waals surface area contributed by atoms with Crippen LogP contribution in [0.1, 0.15) is 34.8 Å². The van der Waals surface area contributed by atoms with Crippen molar-refractivity contribution in [3.63, 3.8) is 0 Å². The summed E-state index contributed by atoms with van der Waals surface area (Å²) in [5.74, 6) is 0.401. The number of nitrogens with zero attached hydrogens (tertiary/aromatic N) is 2. The Hall–Kier alpha value is -2.40. The highest BCUT2D eigenvalue weighted by molar-refractivity contribution is 6.30. The Morgan fingerprint density at radius 2 is 1.87 bits per heavy atom. The zero-order valence-electron chi connectivity index (χ0n) is 12.3. The van der Waals surface area contributed by atoms with Gasteiger partial charge in [-0.3, -0.25) is 4.79 Å². The number of rotatable bonds is 4. The molecule has 0 aliphatic heterocycles. The molecule has 5 nitrogen and oxygen atoms in total. The normalized spacial score (nSPS) is 15.5. The van der Waals surface area contributed by atoms with E-state index in [1.54, 1.807) is 18.2 Å². The SMILES string of the molecule is O=C(N[C@@H](c1ccc(Cl)cc1)C1CC1)c1ccc2n[nH]nc2c1. The molecule has 1 fully saturated rings. The first-order valence-electron chi connectivity index (χ1n) is 7.57. The topological polar surface area (TPSA) is 70.7 Å². The van der Waals surface area contributed by atoms with Gasteiger partial charge in [-0.1, -0.05) is 23.7 Å². The number of halogens is 1. The molecule has 3 aromatic rings. The van der Waals surface area contributed by atoms with E-state index in [0.717, 1.165) is 23.9 Å². The molecule has 1 amide bonds. The number of aromatic amines is 1. The first kappa shape index (κ1) is 14.2. The maximum atomic E-state index is 12.6. The van der Waals surface area contributed by atoms with Crippen molar-refractivity contribution in [2.45, 2.75) is 18.9 Å². The molecule has 2 N–H and O–H groups in total. The largest absolute Gasteiger partial charge is 0.345 e. The van der Waals surface area contributed by atoms with Gasteiger partial charge < -0.3 is 5.32 Å². The molecule has 0 unspecified atom stereocenters. The lowest BCUT2D eigenvalue weighted by atomic mass is 10.0. The molecule has 0 bridgehead atoms. The molecule has 1 saturated carbocycles. The minimum absolute atomic E-state index is 0.0211. The Morgan fingerprint density at radius 3 is 2.61 bits per heavy atom. The van der Waals surface area contributed by atoms with Crippen LogP contribution < -0.4 is 5.32 Å². The van der Waals surface area contributed by atoms with E-state index in [9.17, 15) is 4.79 Å². The van der Waals surface area contributed by atoms with Crippen LogP contribution in [-0.4, -0.2) is 21.3 Å². The lowest BCUT2D eigenvalue weighted by molar-refractivity contribution is 0.0932. The highest BCUT2D eigenvalue weighted by Gasteiger charge is 2.33. The molecule has 23 heavy (non-hydrogen) atoms. The average Bonchev–Trinajstić information content (AvgIpc) is 3.30. The van der Waals surface area contributed by atoms with Crippen molar-refractivity contribution < 1.29 is 4.79 Å². The lowest BCUT2D eigenvalue weighted by Gasteiger charge is -2.19. The molecular weight excluding hydrogens is 312 g/mol. The highest BCUT2D eigenvalue weighted by Crippen LogP contribution is 2.41. The smallest absolute Gasteiger partial charge is 0.251 e. The summed E-state index contributed by atoms with van der Waals surface area (Å²) >= 11 is 5.95. The fourth-order valence-electron chi connectivity index (χ4n) is 2.78. The number of carbonyl (C=O) groups excluding carboxylic acids is 1. The molecule has 6 heteroatoms. The third-order valence-electron chi connectivity index (χ3n) is 4.19. The Kier molecular flexibility index (Phi) is 3.50. The molecule has 1 atom stereocenters. The van der Waals surface area contributed by atoms with Gasteiger partial charge in [0, 0.05) is 10.6 Å². The summed E-state index contributed by atoms with van der Waals surface area (Å²) in [7, 11) is 0. The number of carbonyl (C=O) groups is 1. The molecule has 0 saturated heterocycles. The molecule has 1 aromatic heterocycles. The van der Waals surface area contributed by atoms with Crippen molar-refractivity contribution in [3.05, 3.63) is 58.6 Å².